The fourth-order valence-electron chi connectivity index (χ4n) is 2.54. The van der Waals surface area contributed by atoms with E-state index in [0.29, 0.717) is 18.3 Å². The van der Waals surface area contributed by atoms with Gasteiger partial charge in [0.15, 0.2) is 6.61 Å². The van der Waals surface area contributed by atoms with E-state index in [1.807, 2.05) is 36.5 Å². The lowest BCUT2D eigenvalue weighted by molar-refractivity contribution is -0.123. The molecule has 1 N–H and O–H groups in total. The van der Waals surface area contributed by atoms with Gasteiger partial charge in [0.2, 0.25) is 0 Å². The van der Waals surface area contributed by atoms with E-state index in [-0.39, 0.29) is 12.5 Å². The minimum atomic E-state index is -0.106. The maximum Gasteiger partial charge on any atom is 0.257 e. The Morgan fingerprint density at radius 2 is 2.14 bits per heavy atom. The molecule has 0 atom stereocenters. The summed E-state index contributed by atoms with van der Waals surface area (Å²) in [6, 6.07) is 9.97. The molecule has 0 unspecified atom stereocenters. The minimum absolute atomic E-state index is 0.0418. The number of amides is 1. The number of rotatable bonds is 7. The van der Waals surface area contributed by atoms with Gasteiger partial charge in [-0.15, -0.1) is 0 Å². The van der Waals surface area contributed by atoms with E-state index >= 15 is 0 Å². The molecule has 1 aliphatic rings. The van der Waals surface area contributed by atoms with Crippen molar-refractivity contribution in [2.24, 2.45) is 0 Å². The number of benzene rings is 1. The zero-order valence-electron chi connectivity index (χ0n) is 12.8. The summed E-state index contributed by atoms with van der Waals surface area (Å²) in [5.74, 6) is 1.66. The Morgan fingerprint density at radius 1 is 1.36 bits per heavy atom. The Balaban J connectivity index is 1.42. The highest BCUT2D eigenvalue weighted by Crippen LogP contribution is 2.36. The van der Waals surface area contributed by atoms with Crippen LogP contribution in [0.15, 0.2) is 36.5 Å². The van der Waals surface area contributed by atoms with Gasteiger partial charge in [-0.05, 0) is 31.9 Å². The summed E-state index contributed by atoms with van der Waals surface area (Å²) in [6.45, 7) is 2.71. The molecule has 0 saturated heterocycles. The SMILES string of the molecule is Cc1cnc(CCNC(=O)COc2ccccc2)n1C1CC1. The summed E-state index contributed by atoms with van der Waals surface area (Å²) >= 11 is 0. The number of hydrogen-bond acceptors (Lipinski definition) is 3. The number of nitrogens with zero attached hydrogens (tertiary/aromatic N) is 2. The highest BCUT2D eigenvalue weighted by Gasteiger charge is 2.26. The van der Waals surface area contributed by atoms with Crippen LogP contribution in [0.3, 0.4) is 0 Å². The molecule has 0 radical (unpaired) electrons. The van der Waals surface area contributed by atoms with Gasteiger partial charge in [-0.2, -0.15) is 0 Å². The average molecular weight is 299 g/mol. The van der Waals surface area contributed by atoms with E-state index in [9.17, 15) is 4.79 Å². The number of para-hydroxylation sites is 1. The monoisotopic (exact) mass is 299 g/mol. The largest absolute Gasteiger partial charge is 0.484 e. The highest BCUT2D eigenvalue weighted by molar-refractivity contribution is 5.77. The fourth-order valence-corrected chi connectivity index (χ4v) is 2.54. The number of imidazole rings is 1. The molecule has 0 spiro atoms. The van der Waals surface area contributed by atoms with Crippen LogP contribution in [-0.2, 0) is 11.2 Å². The van der Waals surface area contributed by atoms with E-state index in [4.69, 9.17) is 4.74 Å². The molecule has 22 heavy (non-hydrogen) atoms. The van der Waals surface area contributed by atoms with Crippen molar-refractivity contribution >= 4 is 5.91 Å². The zero-order valence-corrected chi connectivity index (χ0v) is 12.8. The van der Waals surface area contributed by atoms with Gasteiger partial charge in [-0.1, -0.05) is 18.2 Å². The van der Waals surface area contributed by atoms with Gasteiger partial charge in [0.1, 0.15) is 11.6 Å². The van der Waals surface area contributed by atoms with Gasteiger partial charge >= 0.3 is 0 Å². The van der Waals surface area contributed by atoms with Crippen LogP contribution in [-0.4, -0.2) is 28.6 Å². The summed E-state index contributed by atoms with van der Waals surface area (Å²) in [5.41, 5.74) is 1.20. The lowest BCUT2D eigenvalue weighted by Crippen LogP contribution is -2.31. The fraction of sp³-hybridized carbons (Fsp3) is 0.412. The average Bonchev–Trinajstić information content (AvgIpc) is 3.30. The topological polar surface area (TPSA) is 56.1 Å². The van der Waals surface area contributed by atoms with Gasteiger partial charge in [-0.3, -0.25) is 4.79 Å². The van der Waals surface area contributed by atoms with Gasteiger partial charge in [0, 0.05) is 30.9 Å². The number of carbonyl (C=O) groups is 1. The van der Waals surface area contributed by atoms with Crippen LogP contribution in [0.25, 0.3) is 0 Å². The summed E-state index contributed by atoms with van der Waals surface area (Å²) in [6.07, 6.45) is 5.14. The molecular formula is C17H21N3O2. The van der Waals surface area contributed by atoms with Gasteiger partial charge in [0.25, 0.3) is 5.91 Å². The molecule has 1 fully saturated rings. The first kappa shape index (κ1) is 14.6. The third kappa shape index (κ3) is 3.67. The second kappa shape index (κ2) is 6.64. The Labute approximate surface area is 130 Å². The first-order valence-corrected chi connectivity index (χ1v) is 7.71. The van der Waals surface area contributed by atoms with Crippen molar-refractivity contribution in [2.45, 2.75) is 32.2 Å². The van der Waals surface area contributed by atoms with E-state index in [0.717, 1.165) is 12.2 Å². The molecule has 5 heteroatoms. The van der Waals surface area contributed by atoms with Crippen molar-refractivity contribution < 1.29 is 9.53 Å². The number of hydrogen-bond donors (Lipinski definition) is 1. The molecule has 1 aromatic carbocycles. The van der Waals surface area contributed by atoms with Crippen LogP contribution >= 0.6 is 0 Å². The molecule has 116 valence electrons. The van der Waals surface area contributed by atoms with Crippen molar-refractivity contribution in [1.82, 2.24) is 14.9 Å². The summed E-state index contributed by atoms with van der Waals surface area (Å²) in [4.78, 5) is 16.2. The van der Waals surface area contributed by atoms with Gasteiger partial charge in [-0.25, -0.2) is 4.98 Å². The molecule has 1 heterocycles. The van der Waals surface area contributed by atoms with E-state index in [2.05, 4.69) is 21.8 Å². The lowest BCUT2D eigenvalue weighted by Gasteiger charge is -2.10. The highest BCUT2D eigenvalue weighted by atomic mass is 16.5. The second-order valence-electron chi connectivity index (χ2n) is 5.62. The maximum atomic E-state index is 11.8. The zero-order chi connectivity index (χ0) is 15.4. The predicted octanol–water partition coefficient (Wildman–Crippen LogP) is 2.26. The number of carbonyl (C=O) groups excluding carboxylic acids is 1. The van der Waals surface area contributed by atoms with Crippen molar-refractivity contribution in [1.29, 1.82) is 0 Å². The second-order valence-corrected chi connectivity index (χ2v) is 5.62. The molecule has 3 rings (SSSR count). The molecule has 5 nitrogen and oxygen atoms in total. The van der Waals surface area contributed by atoms with Gasteiger partial charge < -0.3 is 14.6 Å². The Morgan fingerprint density at radius 3 is 2.86 bits per heavy atom. The Kier molecular flexibility index (Phi) is 4.42. The molecular weight excluding hydrogens is 278 g/mol. The van der Waals surface area contributed by atoms with E-state index in [1.54, 1.807) is 0 Å². The van der Waals surface area contributed by atoms with Crippen LogP contribution in [0, 0.1) is 6.92 Å². The Bertz CT molecular complexity index is 633. The summed E-state index contributed by atoms with van der Waals surface area (Å²) in [5, 5.41) is 2.88. The van der Waals surface area contributed by atoms with Crippen molar-refractivity contribution in [2.75, 3.05) is 13.2 Å². The van der Waals surface area contributed by atoms with Crippen LogP contribution in [0.5, 0.6) is 5.75 Å². The standard InChI is InChI=1S/C17H21N3O2/c1-13-11-19-16(20(13)14-7-8-14)9-10-18-17(21)12-22-15-5-3-2-4-6-15/h2-6,11,14H,7-10,12H2,1H3,(H,18,21). The third-order valence-corrected chi connectivity index (χ3v) is 3.75. The minimum Gasteiger partial charge on any atom is -0.484 e. The summed E-state index contributed by atoms with van der Waals surface area (Å²) < 4.78 is 7.71. The maximum absolute atomic E-state index is 11.8. The molecule has 2 aromatic rings. The molecule has 0 aliphatic heterocycles. The van der Waals surface area contributed by atoms with Crippen LogP contribution < -0.4 is 10.1 Å². The van der Waals surface area contributed by atoms with Gasteiger partial charge in [0.05, 0.1) is 0 Å². The third-order valence-electron chi connectivity index (χ3n) is 3.75. The quantitative estimate of drug-likeness (QED) is 0.853. The van der Waals surface area contributed by atoms with Crippen molar-refractivity contribution in [3.63, 3.8) is 0 Å². The van der Waals surface area contributed by atoms with Crippen molar-refractivity contribution in [3.8, 4) is 5.75 Å². The first-order chi connectivity index (χ1) is 10.7. The molecule has 1 aliphatic carbocycles. The molecule has 1 amide bonds. The molecule has 1 saturated carbocycles. The molecule has 1 aromatic heterocycles. The van der Waals surface area contributed by atoms with Crippen LogP contribution in [0.1, 0.15) is 30.4 Å². The van der Waals surface area contributed by atoms with Crippen LogP contribution in [0.4, 0.5) is 0 Å². The number of nitrogens with one attached hydrogen (secondary N) is 1. The van der Waals surface area contributed by atoms with E-state index in [1.165, 1.54) is 18.5 Å². The smallest absolute Gasteiger partial charge is 0.257 e. The van der Waals surface area contributed by atoms with E-state index < -0.39 is 0 Å². The predicted molar refractivity (Wildman–Crippen MR) is 83.9 cm³/mol. The molecule has 0 bridgehead atoms. The van der Waals surface area contributed by atoms with Crippen LogP contribution in [0.2, 0.25) is 0 Å². The lowest BCUT2D eigenvalue weighted by atomic mass is 10.3. The number of ether oxygens (including phenoxy) is 1. The van der Waals surface area contributed by atoms with Crippen molar-refractivity contribution in [3.05, 3.63) is 48.0 Å². The number of aromatic nitrogens is 2. The normalized spacial score (nSPS) is 13.9. The number of aryl methyl sites for hydroxylation is 1. The first-order valence-electron chi connectivity index (χ1n) is 7.71. The summed E-state index contributed by atoms with van der Waals surface area (Å²) in [7, 11) is 0. The Hall–Kier alpha value is -2.30.